The number of aromatic nitrogens is 1. The number of aryl methyl sites for hydroxylation is 2. The molecular weight excluding hydrogens is 600 g/mol. The van der Waals surface area contributed by atoms with Crippen LogP contribution in [0.5, 0.6) is 0 Å². The van der Waals surface area contributed by atoms with Crippen LogP contribution in [0.2, 0.25) is 10.2 Å². The van der Waals surface area contributed by atoms with Crippen molar-refractivity contribution >= 4 is 52.6 Å². The summed E-state index contributed by atoms with van der Waals surface area (Å²) >= 11 is 14.3. The number of carbonyl (C=O) groups is 1. The molecule has 3 heterocycles. The quantitative estimate of drug-likeness (QED) is 0.199. The first-order valence-electron chi connectivity index (χ1n) is 14.4. The molecule has 2 aliphatic heterocycles. The lowest BCUT2D eigenvalue weighted by molar-refractivity contribution is 0.0977. The number of hydrogen-bond donors (Lipinski definition) is 0. The van der Waals surface area contributed by atoms with Crippen molar-refractivity contribution in [2.45, 2.75) is 41.9 Å². The third kappa shape index (κ3) is 6.53. The second kappa shape index (κ2) is 12.4. The first-order chi connectivity index (χ1) is 20.7. The van der Waals surface area contributed by atoms with Gasteiger partial charge in [-0.05, 0) is 117 Å². The fraction of sp³-hybridized carbons (Fsp3) is 0.257. The van der Waals surface area contributed by atoms with Gasteiger partial charge in [0.1, 0.15) is 11.0 Å². The largest absolute Gasteiger partial charge is 0.307 e. The van der Waals surface area contributed by atoms with Crippen LogP contribution in [-0.4, -0.2) is 42.0 Å². The Balaban J connectivity index is 1.25. The van der Waals surface area contributed by atoms with Crippen molar-refractivity contribution in [3.05, 3.63) is 123 Å². The summed E-state index contributed by atoms with van der Waals surface area (Å²) in [5.41, 5.74) is 5.42. The Morgan fingerprint density at radius 2 is 1.72 bits per heavy atom. The zero-order valence-electron chi connectivity index (χ0n) is 24.1. The van der Waals surface area contributed by atoms with Gasteiger partial charge >= 0.3 is 0 Å². The van der Waals surface area contributed by atoms with E-state index in [1.165, 1.54) is 17.7 Å². The van der Waals surface area contributed by atoms with Gasteiger partial charge < -0.3 is 4.90 Å². The topological polar surface area (TPSA) is 36.4 Å². The molecule has 43 heavy (non-hydrogen) atoms. The molecule has 6 rings (SSSR count). The zero-order chi connectivity index (χ0) is 30.1. The zero-order valence-corrected chi connectivity index (χ0v) is 26.4. The van der Waals surface area contributed by atoms with Crippen LogP contribution >= 0.6 is 35.0 Å². The molecule has 3 aromatic carbocycles. The molecule has 8 heteroatoms. The highest BCUT2D eigenvalue weighted by molar-refractivity contribution is 7.99. The minimum absolute atomic E-state index is 0.0650. The normalized spacial score (nSPS) is 16.3. The van der Waals surface area contributed by atoms with Gasteiger partial charge in [-0.1, -0.05) is 59.2 Å². The highest BCUT2D eigenvalue weighted by Crippen LogP contribution is 2.49. The molecule has 2 aliphatic rings. The van der Waals surface area contributed by atoms with Crippen LogP contribution in [0.4, 0.5) is 10.1 Å². The SMILES string of the molecule is Cc1ccc(/C=C/CN2CCC3(CC2)CN(C(=O)c2cc(C)nc(Cl)c2)c2ccc(Sc4ccc(F)cc4)cc23)c(Cl)c1. The summed E-state index contributed by atoms with van der Waals surface area (Å²) in [6, 6.07) is 22.5. The average Bonchev–Trinajstić information content (AvgIpc) is 3.28. The summed E-state index contributed by atoms with van der Waals surface area (Å²) in [5, 5.41) is 1.08. The number of nitrogens with zero attached hydrogens (tertiary/aromatic N) is 3. The van der Waals surface area contributed by atoms with Gasteiger partial charge in [-0.3, -0.25) is 9.69 Å². The van der Waals surface area contributed by atoms with Crippen molar-refractivity contribution in [1.29, 1.82) is 0 Å². The third-order valence-electron chi connectivity index (χ3n) is 8.38. The van der Waals surface area contributed by atoms with E-state index >= 15 is 0 Å². The molecule has 0 saturated carbocycles. The van der Waals surface area contributed by atoms with Gasteiger partial charge in [0.05, 0.1) is 0 Å². The number of carbonyl (C=O) groups excluding carboxylic acids is 1. The lowest BCUT2D eigenvalue weighted by atomic mass is 9.74. The van der Waals surface area contributed by atoms with E-state index in [9.17, 15) is 9.18 Å². The summed E-state index contributed by atoms with van der Waals surface area (Å²) in [6.45, 7) is 7.18. The molecule has 0 radical (unpaired) electrons. The van der Waals surface area contributed by atoms with Crippen molar-refractivity contribution in [3.63, 3.8) is 0 Å². The fourth-order valence-corrected chi connectivity index (χ4v) is 7.53. The molecule has 0 bridgehead atoms. The van der Waals surface area contributed by atoms with Crippen LogP contribution in [0.25, 0.3) is 6.08 Å². The molecule has 0 atom stereocenters. The molecule has 4 aromatic rings. The van der Waals surface area contributed by atoms with Gasteiger partial charge in [0.2, 0.25) is 0 Å². The standard InChI is InChI=1S/C35H32Cl2FN3OS/c1-23-5-6-25(31(36)18-23)4-3-15-40-16-13-35(14-17-40)22-41(34(42)26-19-24(2)39-33(37)20-26)32-12-11-29(21-30(32)35)43-28-9-7-27(38)8-10-28/h3-12,18-21H,13-17,22H2,1-2H3/b4-3+. The van der Waals surface area contributed by atoms with E-state index in [-0.39, 0.29) is 17.1 Å². The van der Waals surface area contributed by atoms with Gasteiger partial charge in [0.25, 0.3) is 5.91 Å². The predicted molar refractivity (Wildman–Crippen MR) is 175 cm³/mol. The summed E-state index contributed by atoms with van der Waals surface area (Å²) < 4.78 is 13.5. The maximum absolute atomic E-state index is 13.9. The highest BCUT2D eigenvalue weighted by atomic mass is 35.5. The lowest BCUT2D eigenvalue weighted by Gasteiger charge is -2.39. The Bertz CT molecular complexity index is 1680. The first kappa shape index (κ1) is 29.9. The number of pyridine rings is 1. The molecule has 1 spiro atoms. The number of anilines is 1. The van der Waals surface area contributed by atoms with E-state index in [0.29, 0.717) is 23.0 Å². The van der Waals surface area contributed by atoms with Gasteiger partial charge in [-0.15, -0.1) is 0 Å². The van der Waals surface area contributed by atoms with Crippen LogP contribution in [0.3, 0.4) is 0 Å². The summed E-state index contributed by atoms with van der Waals surface area (Å²) in [7, 11) is 0. The number of benzene rings is 3. The lowest BCUT2D eigenvalue weighted by Crippen LogP contribution is -2.46. The number of fused-ring (bicyclic) bond motifs is 2. The summed E-state index contributed by atoms with van der Waals surface area (Å²) in [4.78, 5) is 24.6. The Morgan fingerprint density at radius 1 is 0.977 bits per heavy atom. The summed E-state index contributed by atoms with van der Waals surface area (Å²) in [6.07, 6.45) is 6.14. The van der Waals surface area contributed by atoms with E-state index in [2.05, 4.69) is 46.3 Å². The Kier molecular flexibility index (Phi) is 8.65. The second-order valence-electron chi connectivity index (χ2n) is 11.5. The Morgan fingerprint density at radius 3 is 2.44 bits per heavy atom. The van der Waals surface area contributed by atoms with E-state index in [4.69, 9.17) is 23.2 Å². The van der Waals surface area contributed by atoms with Crippen molar-refractivity contribution in [3.8, 4) is 0 Å². The third-order valence-corrected chi connectivity index (χ3v) is 9.90. The van der Waals surface area contributed by atoms with Crippen molar-refractivity contribution in [2.75, 3.05) is 31.1 Å². The van der Waals surface area contributed by atoms with Crippen LogP contribution in [0, 0.1) is 19.7 Å². The molecule has 0 aliphatic carbocycles. The molecule has 1 aromatic heterocycles. The van der Waals surface area contributed by atoms with Crippen molar-refractivity contribution in [2.24, 2.45) is 0 Å². The van der Waals surface area contributed by atoms with Crippen LogP contribution in [0.15, 0.2) is 88.7 Å². The highest BCUT2D eigenvalue weighted by Gasteiger charge is 2.46. The molecule has 0 N–H and O–H groups in total. The number of piperidine rings is 1. The fourth-order valence-electron chi connectivity index (χ4n) is 6.13. The van der Waals surface area contributed by atoms with Gasteiger partial charge in [-0.25, -0.2) is 9.37 Å². The van der Waals surface area contributed by atoms with Gasteiger partial charge in [-0.2, -0.15) is 0 Å². The van der Waals surface area contributed by atoms with E-state index in [0.717, 1.165) is 64.1 Å². The Labute approximate surface area is 266 Å². The number of halogens is 3. The maximum Gasteiger partial charge on any atom is 0.258 e. The molecular formula is C35H32Cl2FN3OS. The monoisotopic (exact) mass is 631 g/mol. The minimum Gasteiger partial charge on any atom is -0.307 e. The molecule has 1 saturated heterocycles. The average molecular weight is 633 g/mol. The van der Waals surface area contributed by atoms with Gasteiger partial charge in [0, 0.05) is 50.3 Å². The van der Waals surface area contributed by atoms with Crippen molar-refractivity contribution in [1.82, 2.24) is 9.88 Å². The Hall–Kier alpha value is -3.16. The van der Waals surface area contributed by atoms with E-state index in [1.54, 1.807) is 36.0 Å². The minimum atomic E-state index is -0.249. The number of amides is 1. The molecule has 1 fully saturated rings. The second-order valence-corrected chi connectivity index (χ2v) is 13.4. The molecule has 0 unspecified atom stereocenters. The molecule has 1 amide bonds. The molecule has 220 valence electrons. The van der Waals surface area contributed by atoms with Crippen molar-refractivity contribution < 1.29 is 9.18 Å². The number of hydrogen-bond acceptors (Lipinski definition) is 4. The maximum atomic E-state index is 13.9. The van der Waals surface area contributed by atoms with Crippen LogP contribution < -0.4 is 4.90 Å². The summed E-state index contributed by atoms with van der Waals surface area (Å²) in [5.74, 6) is -0.314. The number of rotatable bonds is 6. The van der Waals surface area contributed by atoms with Gasteiger partial charge in [0.15, 0.2) is 0 Å². The number of likely N-dealkylation sites (tertiary alicyclic amines) is 1. The van der Waals surface area contributed by atoms with E-state index < -0.39 is 0 Å². The van der Waals surface area contributed by atoms with E-state index in [1.807, 2.05) is 30.9 Å². The van der Waals surface area contributed by atoms with Crippen LogP contribution in [-0.2, 0) is 5.41 Å². The van der Waals surface area contributed by atoms with Crippen LogP contribution in [0.1, 0.15) is 45.6 Å². The molecule has 4 nitrogen and oxygen atoms in total. The smallest absolute Gasteiger partial charge is 0.258 e. The predicted octanol–water partition coefficient (Wildman–Crippen LogP) is 9.00. The first-order valence-corrected chi connectivity index (χ1v) is 16.0.